The Morgan fingerprint density at radius 1 is 1.32 bits per heavy atom. The Balaban J connectivity index is 1.43. The molecular formula is C20H26N2O4S2. The van der Waals surface area contributed by atoms with Crippen LogP contribution < -0.4 is 5.11 Å². The monoisotopic (exact) mass is 422 g/mol. The van der Waals surface area contributed by atoms with Gasteiger partial charge in [-0.3, -0.25) is 4.79 Å². The van der Waals surface area contributed by atoms with Crippen LogP contribution in [0.15, 0.2) is 29.2 Å². The molecule has 4 rings (SSSR count). The number of amides is 1. The Kier molecular flexibility index (Phi) is 5.66. The van der Waals surface area contributed by atoms with Crippen molar-refractivity contribution in [2.45, 2.75) is 46.7 Å². The largest absolute Gasteiger partial charge is 0.548 e. The summed E-state index contributed by atoms with van der Waals surface area (Å²) in [7, 11) is 2.30. The lowest BCUT2D eigenvalue weighted by molar-refractivity contribution is -0.910. The highest BCUT2D eigenvalue weighted by Gasteiger charge is 2.58. The van der Waals surface area contributed by atoms with E-state index in [-0.39, 0.29) is 28.4 Å². The summed E-state index contributed by atoms with van der Waals surface area (Å²) in [5, 5.41) is 20.7. The Morgan fingerprint density at radius 3 is 2.61 bits per heavy atom. The number of carbonyl (C=O) groups is 2. The zero-order valence-electron chi connectivity index (χ0n) is 16.0. The molecule has 0 spiro atoms. The average molecular weight is 423 g/mol. The van der Waals surface area contributed by atoms with Gasteiger partial charge in [-0.1, -0.05) is 12.1 Å². The number of quaternary nitrogens is 1. The van der Waals surface area contributed by atoms with Crippen LogP contribution in [0.2, 0.25) is 0 Å². The number of rotatable bonds is 7. The zero-order valence-corrected chi connectivity index (χ0v) is 17.6. The van der Waals surface area contributed by atoms with Crippen LogP contribution in [-0.4, -0.2) is 69.1 Å². The van der Waals surface area contributed by atoms with Gasteiger partial charge in [-0.15, -0.1) is 23.5 Å². The minimum atomic E-state index is -1.20. The molecule has 6 nitrogen and oxygen atoms in total. The molecule has 152 valence electrons. The van der Waals surface area contributed by atoms with Gasteiger partial charge >= 0.3 is 0 Å². The highest BCUT2D eigenvalue weighted by atomic mass is 32.2. The Hall–Kier alpha value is -1.22. The Bertz CT molecular complexity index is 751. The number of thioether (sulfide) groups is 2. The summed E-state index contributed by atoms with van der Waals surface area (Å²) in [5.41, 5.74) is 1.30. The van der Waals surface area contributed by atoms with Crippen molar-refractivity contribution in [1.82, 2.24) is 4.90 Å². The number of aliphatic carboxylic acids is 1. The highest BCUT2D eigenvalue weighted by molar-refractivity contribution is 8.17. The third kappa shape index (κ3) is 3.67. The molecule has 28 heavy (non-hydrogen) atoms. The van der Waals surface area contributed by atoms with Crippen molar-refractivity contribution in [2.24, 2.45) is 5.92 Å². The lowest BCUT2D eigenvalue weighted by atomic mass is 9.93. The molecule has 3 heterocycles. The SMILES string of the molecule is C[N+]1(Cc2ccc(SC3SC4[C@@H](CCO)C(=O)N4C3C(=O)[O-])cc2)CCCC1. The van der Waals surface area contributed by atoms with Gasteiger partial charge in [-0.2, -0.15) is 0 Å². The minimum absolute atomic E-state index is 0.0615. The molecule has 0 radical (unpaired) electrons. The standard InChI is InChI=1S/C20H26N2O4S2/c1-22(9-2-3-10-22)12-13-4-6-14(7-5-13)27-20-16(19(25)26)21-17(24)15(8-11-23)18(21)28-20/h4-7,15-16,18,20,23H,2-3,8-12H2,1H3/t15-,16?,18?,20?/m0/s1. The van der Waals surface area contributed by atoms with E-state index in [0.717, 1.165) is 15.9 Å². The quantitative estimate of drug-likeness (QED) is 0.519. The van der Waals surface area contributed by atoms with Crippen molar-refractivity contribution >= 4 is 35.4 Å². The van der Waals surface area contributed by atoms with E-state index in [1.807, 2.05) is 0 Å². The molecule has 3 unspecified atom stereocenters. The molecule has 3 aliphatic heterocycles. The van der Waals surface area contributed by atoms with Gasteiger partial charge in [0.05, 0.1) is 48.0 Å². The summed E-state index contributed by atoms with van der Waals surface area (Å²) in [6, 6.07) is 7.45. The number of carbonyl (C=O) groups excluding carboxylic acids is 2. The van der Waals surface area contributed by atoms with Crippen molar-refractivity contribution < 1.29 is 24.3 Å². The number of carboxylic acids is 1. The topological polar surface area (TPSA) is 80.7 Å². The van der Waals surface area contributed by atoms with Crippen LogP contribution in [0.5, 0.6) is 0 Å². The van der Waals surface area contributed by atoms with Crippen molar-refractivity contribution in [3.05, 3.63) is 29.8 Å². The molecule has 4 atom stereocenters. The fourth-order valence-corrected chi connectivity index (χ4v) is 7.88. The average Bonchev–Trinajstić information content (AvgIpc) is 3.23. The first-order chi connectivity index (χ1) is 13.4. The lowest BCUT2D eigenvalue weighted by Gasteiger charge is -2.44. The van der Waals surface area contributed by atoms with Gasteiger partial charge in [0.15, 0.2) is 0 Å². The van der Waals surface area contributed by atoms with E-state index >= 15 is 0 Å². The van der Waals surface area contributed by atoms with Gasteiger partial charge in [0.1, 0.15) is 6.54 Å². The van der Waals surface area contributed by atoms with Gasteiger partial charge < -0.3 is 24.4 Å². The first kappa shape index (κ1) is 20.1. The number of benzene rings is 1. The molecule has 3 saturated heterocycles. The van der Waals surface area contributed by atoms with Crippen molar-refractivity contribution in [1.29, 1.82) is 0 Å². The number of β-lactam (4-membered cyclic amide) rings is 1. The van der Waals surface area contributed by atoms with Gasteiger partial charge in [0, 0.05) is 29.9 Å². The van der Waals surface area contributed by atoms with E-state index < -0.39 is 12.0 Å². The highest BCUT2D eigenvalue weighted by Crippen LogP contribution is 2.53. The van der Waals surface area contributed by atoms with Crippen LogP contribution in [0, 0.1) is 5.92 Å². The van der Waals surface area contributed by atoms with Crippen molar-refractivity contribution in [2.75, 3.05) is 26.7 Å². The second-order valence-corrected chi connectivity index (χ2v) is 11.0. The predicted octanol–water partition coefficient (Wildman–Crippen LogP) is 0.877. The molecule has 1 N–H and O–H groups in total. The predicted molar refractivity (Wildman–Crippen MR) is 107 cm³/mol. The second-order valence-electron chi connectivity index (χ2n) is 8.22. The number of nitrogens with zero attached hydrogens (tertiary/aromatic N) is 2. The fraction of sp³-hybridized carbons (Fsp3) is 0.600. The van der Waals surface area contributed by atoms with Crippen LogP contribution >= 0.6 is 23.5 Å². The summed E-state index contributed by atoms with van der Waals surface area (Å²) in [4.78, 5) is 26.4. The summed E-state index contributed by atoms with van der Waals surface area (Å²) in [5.74, 6) is -1.66. The molecule has 8 heteroatoms. The third-order valence-electron chi connectivity index (χ3n) is 6.09. The lowest BCUT2D eigenvalue weighted by Crippen LogP contribution is -2.63. The van der Waals surface area contributed by atoms with Crippen LogP contribution in [0.25, 0.3) is 0 Å². The number of fused-ring (bicyclic) bond motifs is 1. The number of hydrogen-bond acceptors (Lipinski definition) is 6. The Morgan fingerprint density at radius 2 is 2.00 bits per heavy atom. The Labute approximate surface area is 173 Å². The molecule has 3 aliphatic rings. The molecule has 3 fully saturated rings. The second kappa shape index (κ2) is 7.89. The number of hydrogen-bond donors (Lipinski definition) is 1. The molecule has 1 aromatic rings. The number of aliphatic hydroxyl groups excluding tert-OH is 1. The summed E-state index contributed by atoms with van der Waals surface area (Å²) >= 11 is 2.99. The maximum Gasteiger partial charge on any atom is 0.230 e. The van der Waals surface area contributed by atoms with Crippen LogP contribution in [0.3, 0.4) is 0 Å². The maximum atomic E-state index is 12.3. The number of carboxylic acid groups (broad SMARTS) is 1. The van der Waals surface area contributed by atoms with Gasteiger partial charge in [0.25, 0.3) is 0 Å². The van der Waals surface area contributed by atoms with E-state index in [4.69, 9.17) is 5.11 Å². The van der Waals surface area contributed by atoms with E-state index in [9.17, 15) is 14.7 Å². The molecule has 1 amide bonds. The van der Waals surface area contributed by atoms with E-state index in [1.165, 1.54) is 59.9 Å². The van der Waals surface area contributed by atoms with Crippen LogP contribution in [0.4, 0.5) is 0 Å². The summed E-state index contributed by atoms with van der Waals surface area (Å²) in [6.45, 7) is 3.41. The molecule has 0 aromatic heterocycles. The van der Waals surface area contributed by atoms with Crippen LogP contribution in [0.1, 0.15) is 24.8 Å². The zero-order chi connectivity index (χ0) is 19.9. The number of aliphatic hydroxyl groups is 1. The maximum absolute atomic E-state index is 12.3. The van der Waals surface area contributed by atoms with E-state index in [2.05, 4.69) is 31.3 Å². The van der Waals surface area contributed by atoms with E-state index in [0.29, 0.717) is 6.42 Å². The molecule has 1 aromatic carbocycles. The summed E-state index contributed by atoms with van der Waals surface area (Å²) in [6.07, 6.45) is 2.97. The summed E-state index contributed by atoms with van der Waals surface area (Å²) < 4.78 is 0.791. The third-order valence-corrected chi connectivity index (χ3v) is 9.11. The first-order valence-electron chi connectivity index (χ1n) is 9.80. The fourth-order valence-electron chi connectivity index (χ4n) is 4.58. The van der Waals surface area contributed by atoms with Crippen molar-refractivity contribution in [3.63, 3.8) is 0 Å². The van der Waals surface area contributed by atoms with E-state index in [1.54, 1.807) is 0 Å². The molecule has 0 bridgehead atoms. The number of likely N-dealkylation sites (tertiary alicyclic amines) is 1. The van der Waals surface area contributed by atoms with Crippen LogP contribution in [-0.2, 0) is 16.1 Å². The van der Waals surface area contributed by atoms with Gasteiger partial charge in [-0.25, -0.2) is 0 Å². The minimum Gasteiger partial charge on any atom is -0.548 e. The van der Waals surface area contributed by atoms with Gasteiger partial charge in [0.2, 0.25) is 5.91 Å². The molecule has 0 saturated carbocycles. The molecular weight excluding hydrogens is 396 g/mol. The normalized spacial score (nSPS) is 30.9. The van der Waals surface area contributed by atoms with Crippen molar-refractivity contribution in [3.8, 4) is 0 Å². The first-order valence-corrected chi connectivity index (χ1v) is 11.6. The molecule has 0 aliphatic carbocycles. The smallest absolute Gasteiger partial charge is 0.230 e. The van der Waals surface area contributed by atoms with Gasteiger partial charge in [-0.05, 0) is 18.6 Å².